The summed E-state index contributed by atoms with van der Waals surface area (Å²) in [6, 6.07) is 12.3. The molecule has 0 amide bonds. The first kappa shape index (κ1) is 14.0. The van der Waals surface area contributed by atoms with Crippen molar-refractivity contribution in [2.75, 3.05) is 0 Å². The van der Waals surface area contributed by atoms with Gasteiger partial charge in [0.2, 0.25) is 0 Å². The Balaban J connectivity index is 2.01. The number of nitro groups is 1. The lowest BCUT2D eigenvalue weighted by Gasteiger charge is -2.05. The lowest BCUT2D eigenvalue weighted by Crippen LogP contribution is -2.11. The average Bonchev–Trinajstić information content (AvgIpc) is 2.42. The van der Waals surface area contributed by atoms with Gasteiger partial charge in [0.15, 0.2) is 0 Å². The number of benzene rings is 2. The predicted molar refractivity (Wildman–Crippen MR) is 73.9 cm³/mol. The van der Waals surface area contributed by atoms with E-state index in [1.807, 2.05) is 0 Å². The van der Waals surface area contributed by atoms with Gasteiger partial charge in [0.25, 0.3) is 5.69 Å². The Labute approximate surface area is 119 Å². The van der Waals surface area contributed by atoms with E-state index >= 15 is 0 Å². The smallest absolute Gasteiger partial charge is 0.315 e. The van der Waals surface area contributed by atoms with Crippen molar-refractivity contribution in [3.63, 3.8) is 0 Å². The molecule has 20 heavy (non-hydrogen) atoms. The number of ether oxygens (including phenoxy) is 1. The molecular weight excluding hydrogens is 282 g/mol. The van der Waals surface area contributed by atoms with Crippen LogP contribution in [0.2, 0.25) is 5.02 Å². The fourth-order valence-electron chi connectivity index (χ4n) is 1.60. The number of carbonyl (C=O) groups is 1. The first-order valence-electron chi connectivity index (χ1n) is 5.75. The van der Waals surface area contributed by atoms with E-state index in [-0.39, 0.29) is 17.9 Å². The zero-order valence-electron chi connectivity index (χ0n) is 10.3. The molecule has 0 N–H and O–H groups in total. The van der Waals surface area contributed by atoms with E-state index in [2.05, 4.69) is 0 Å². The predicted octanol–water partition coefficient (Wildman–Crippen LogP) is 3.40. The normalized spacial score (nSPS) is 10.1. The largest absolute Gasteiger partial charge is 0.426 e. The van der Waals surface area contributed by atoms with Crippen LogP contribution in [0.4, 0.5) is 5.69 Å². The lowest BCUT2D eigenvalue weighted by atomic mass is 10.1. The molecule has 0 bridgehead atoms. The summed E-state index contributed by atoms with van der Waals surface area (Å²) in [5.41, 5.74) is 0.608. The summed E-state index contributed by atoms with van der Waals surface area (Å²) in [5.74, 6) is -0.223. The van der Waals surface area contributed by atoms with Crippen LogP contribution < -0.4 is 4.74 Å². The van der Waals surface area contributed by atoms with Gasteiger partial charge in [-0.2, -0.15) is 0 Å². The molecule has 0 aromatic heterocycles. The number of esters is 1. The minimum Gasteiger partial charge on any atom is -0.426 e. The van der Waals surface area contributed by atoms with Gasteiger partial charge in [-0.05, 0) is 23.8 Å². The lowest BCUT2D eigenvalue weighted by molar-refractivity contribution is -0.384. The van der Waals surface area contributed by atoms with Gasteiger partial charge in [0.05, 0.1) is 11.3 Å². The number of non-ortho nitro benzene ring substituents is 1. The fraction of sp³-hybridized carbons (Fsp3) is 0.0714. The van der Waals surface area contributed by atoms with Crippen LogP contribution in [0, 0.1) is 10.1 Å². The fourth-order valence-corrected chi connectivity index (χ4v) is 1.80. The Kier molecular flexibility index (Phi) is 4.32. The van der Waals surface area contributed by atoms with Crippen molar-refractivity contribution >= 4 is 23.3 Å². The van der Waals surface area contributed by atoms with Crippen LogP contribution in [0.15, 0.2) is 48.5 Å². The quantitative estimate of drug-likeness (QED) is 0.375. The maximum atomic E-state index is 11.7. The van der Waals surface area contributed by atoms with Crippen LogP contribution in [-0.2, 0) is 11.2 Å². The molecule has 2 rings (SSSR count). The highest BCUT2D eigenvalue weighted by Crippen LogP contribution is 2.19. The van der Waals surface area contributed by atoms with Crippen molar-refractivity contribution in [2.45, 2.75) is 6.42 Å². The molecule has 0 saturated carbocycles. The second kappa shape index (κ2) is 6.16. The van der Waals surface area contributed by atoms with Crippen LogP contribution in [0.3, 0.4) is 0 Å². The highest BCUT2D eigenvalue weighted by Gasteiger charge is 2.10. The number of nitro benzene ring substituents is 1. The number of hydrogen-bond donors (Lipinski definition) is 0. The Morgan fingerprint density at radius 2 is 1.80 bits per heavy atom. The van der Waals surface area contributed by atoms with E-state index in [4.69, 9.17) is 16.3 Å². The monoisotopic (exact) mass is 291 g/mol. The molecular formula is C14H10ClNO4. The summed E-state index contributed by atoms with van der Waals surface area (Å²) >= 11 is 5.94. The third kappa shape index (κ3) is 3.55. The number of hydrogen-bond acceptors (Lipinski definition) is 4. The Morgan fingerprint density at radius 3 is 2.40 bits per heavy atom. The van der Waals surface area contributed by atoms with Crippen LogP contribution in [0.25, 0.3) is 0 Å². The molecule has 0 aliphatic heterocycles. The van der Waals surface area contributed by atoms with Gasteiger partial charge < -0.3 is 4.74 Å². The summed E-state index contributed by atoms with van der Waals surface area (Å²) in [6.07, 6.45) is 0.0384. The molecule has 0 aliphatic rings. The van der Waals surface area contributed by atoms with E-state index in [1.54, 1.807) is 24.3 Å². The van der Waals surface area contributed by atoms with E-state index < -0.39 is 10.9 Å². The summed E-state index contributed by atoms with van der Waals surface area (Å²) in [5, 5.41) is 11.0. The highest BCUT2D eigenvalue weighted by molar-refractivity contribution is 6.31. The summed E-state index contributed by atoms with van der Waals surface area (Å²) in [6.45, 7) is 0. The van der Waals surface area contributed by atoms with E-state index in [0.717, 1.165) is 0 Å². The minimum atomic E-state index is -0.519. The van der Waals surface area contributed by atoms with Crippen molar-refractivity contribution in [3.8, 4) is 5.75 Å². The van der Waals surface area contributed by atoms with Crippen molar-refractivity contribution < 1.29 is 14.5 Å². The van der Waals surface area contributed by atoms with Crippen molar-refractivity contribution in [1.29, 1.82) is 0 Å². The molecule has 2 aromatic rings. The van der Waals surface area contributed by atoms with E-state index in [0.29, 0.717) is 10.6 Å². The molecule has 0 fully saturated rings. The van der Waals surface area contributed by atoms with E-state index in [9.17, 15) is 14.9 Å². The Hall–Kier alpha value is -2.40. The molecule has 0 spiro atoms. The van der Waals surface area contributed by atoms with Gasteiger partial charge in [-0.3, -0.25) is 14.9 Å². The number of halogens is 1. The van der Waals surface area contributed by atoms with Crippen LogP contribution >= 0.6 is 11.6 Å². The summed E-state index contributed by atoms with van der Waals surface area (Å²) in [4.78, 5) is 21.7. The van der Waals surface area contributed by atoms with Gasteiger partial charge in [-0.15, -0.1) is 0 Å². The average molecular weight is 292 g/mol. The molecule has 0 heterocycles. The Morgan fingerprint density at radius 1 is 1.15 bits per heavy atom. The molecule has 6 heteroatoms. The number of nitrogens with zero attached hydrogens (tertiary/aromatic N) is 1. The van der Waals surface area contributed by atoms with Crippen molar-refractivity contribution in [2.24, 2.45) is 0 Å². The highest BCUT2D eigenvalue weighted by atomic mass is 35.5. The first-order valence-corrected chi connectivity index (χ1v) is 6.12. The third-order valence-corrected chi connectivity index (χ3v) is 2.94. The zero-order valence-corrected chi connectivity index (χ0v) is 11.0. The second-order valence-electron chi connectivity index (χ2n) is 3.99. The van der Waals surface area contributed by atoms with Gasteiger partial charge in [-0.1, -0.05) is 29.8 Å². The molecule has 0 radical (unpaired) electrons. The number of rotatable bonds is 4. The standard InChI is InChI=1S/C14H10ClNO4/c15-13-4-2-1-3-10(13)9-14(17)20-12-7-5-11(6-8-12)16(18)19/h1-8H,9H2. The zero-order chi connectivity index (χ0) is 14.5. The maximum Gasteiger partial charge on any atom is 0.315 e. The molecule has 0 saturated heterocycles. The van der Waals surface area contributed by atoms with Crippen molar-refractivity contribution in [3.05, 3.63) is 69.2 Å². The van der Waals surface area contributed by atoms with Gasteiger partial charge in [0, 0.05) is 17.2 Å². The van der Waals surface area contributed by atoms with Crippen molar-refractivity contribution in [1.82, 2.24) is 0 Å². The molecule has 102 valence electrons. The van der Waals surface area contributed by atoms with Gasteiger partial charge in [-0.25, -0.2) is 0 Å². The van der Waals surface area contributed by atoms with Crippen LogP contribution in [-0.4, -0.2) is 10.9 Å². The summed E-state index contributed by atoms with van der Waals surface area (Å²) in [7, 11) is 0. The molecule has 2 aromatic carbocycles. The summed E-state index contributed by atoms with van der Waals surface area (Å²) < 4.78 is 5.09. The van der Waals surface area contributed by atoms with E-state index in [1.165, 1.54) is 24.3 Å². The van der Waals surface area contributed by atoms with Crippen LogP contribution in [0.5, 0.6) is 5.75 Å². The SMILES string of the molecule is O=C(Cc1ccccc1Cl)Oc1ccc([N+](=O)[O-])cc1. The Bertz CT molecular complexity index is 640. The topological polar surface area (TPSA) is 69.4 Å². The second-order valence-corrected chi connectivity index (χ2v) is 4.40. The molecule has 0 unspecified atom stereocenters. The molecule has 0 aliphatic carbocycles. The van der Waals surface area contributed by atoms with Crippen LogP contribution in [0.1, 0.15) is 5.56 Å². The number of carbonyl (C=O) groups excluding carboxylic acids is 1. The first-order chi connectivity index (χ1) is 9.56. The third-order valence-electron chi connectivity index (χ3n) is 2.57. The minimum absolute atomic E-state index is 0.0384. The maximum absolute atomic E-state index is 11.7. The molecule has 5 nitrogen and oxygen atoms in total. The van der Waals surface area contributed by atoms with Gasteiger partial charge in [0.1, 0.15) is 5.75 Å². The van der Waals surface area contributed by atoms with Gasteiger partial charge >= 0.3 is 5.97 Å². The molecule has 0 atom stereocenters.